The van der Waals surface area contributed by atoms with Crippen LogP contribution in [-0.2, 0) is 14.3 Å². The Morgan fingerprint density at radius 2 is 2.38 bits per heavy atom. The first kappa shape index (κ1) is 15.5. The van der Waals surface area contributed by atoms with Crippen LogP contribution in [0.2, 0.25) is 0 Å². The molecule has 2 amide bonds. The molecule has 2 atom stereocenters. The fourth-order valence-electron chi connectivity index (χ4n) is 2.24. The number of hydrogen-bond acceptors (Lipinski definition) is 6. The van der Waals surface area contributed by atoms with Crippen molar-refractivity contribution in [3.63, 3.8) is 0 Å². The van der Waals surface area contributed by atoms with Gasteiger partial charge in [0.2, 0.25) is 11.8 Å². The second kappa shape index (κ2) is 6.68. The number of aromatic nitrogens is 1. The number of carbonyl (C=O) groups is 2. The molecular formula is C13H20N4O4. The number of likely N-dealkylation sites (N-methyl/N-ethyl adjacent to an activating group) is 1. The van der Waals surface area contributed by atoms with E-state index in [0.717, 1.165) is 0 Å². The molecule has 0 bridgehead atoms. The third kappa shape index (κ3) is 4.02. The average molecular weight is 296 g/mol. The Kier molecular flexibility index (Phi) is 4.92. The van der Waals surface area contributed by atoms with Crippen molar-refractivity contribution in [3.8, 4) is 0 Å². The van der Waals surface area contributed by atoms with Gasteiger partial charge in [-0.2, -0.15) is 0 Å². The third-order valence-electron chi connectivity index (χ3n) is 3.37. The average Bonchev–Trinajstić information content (AvgIpc) is 3.06. The summed E-state index contributed by atoms with van der Waals surface area (Å²) in [6, 6.07) is 1.31. The monoisotopic (exact) mass is 296 g/mol. The van der Waals surface area contributed by atoms with Crippen molar-refractivity contribution >= 4 is 17.6 Å². The Hall–Kier alpha value is -1.93. The first-order chi connectivity index (χ1) is 9.99. The van der Waals surface area contributed by atoms with Crippen LogP contribution in [0.25, 0.3) is 0 Å². The zero-order chi connectivity index (χ0) is 15.4. The predicted octanol–water partition coefficient (Wildman–Crippen LogP) is -0.243. The molecule has 8 nitrogen and oxygen atoms in total. The van der Waals surface area contributed by atoms with Gasteiger partial charge in [-0.1, -0.05) is 5.16 Å². The van der Waals surface area contributed by atoms with Gasteiger partial charge in [0.05, 0.1) is 18.7 Å². The van der Waals surface area contributed by atoms with Crippen LogP contribution in [-0.4, -0.2) is 61.3 Å². The minimum Gasteiger partial charge on any atom is -0.380 e. The molecule has 2 heterocycles. The summed E-state index contributed by atoms with van der Waals surface area (Å²) in [6.45, 7) is 2.34. The Bertz CT molecular complexity index is 516. The van der Waals surface area contributed by atoms with Gasteiger partial charge in [0.1, 0.15) is 5.76 Å². The fraction of sp³-hybridized carbons (Fsp3) is 0.615. The van der Waals surface area contributed by atoms with Gasteiger partial charge in [0.25, 0.3) is 0 Å². The standard InChI is InChI=1S/C13H20N4O4/c1-8-4-11(16-21-8)15-12(18)7-17(2)13(19)10-5-9(20-3)6-14-10/h4,9-10,14H,5-7H2,1-3H3,(H,15,16,18). The largest absolute Gasteiger partial charge is 0.380 e. The number of methoxy groups -OCH3 is 1. The summed E-state index contributed by atoms with van der Waals surface area (Å²) in [7, 11) is 3.22. The lowest BCUT2D eigenvalue weighted by Crippen LogP contribution is -2.44. The molecule has 1 aromatic rings. The molecule has 1 fully saturated rings. The summed E-state index contributed by atoms with van der Waals surface area (Å²) >= 11 is 0. The lowest BCUT2D eigenvalue weighted by Gasteiger charge is -2.20. The molecule has 2 unspecified atom stereocenters. The quantitative estimate of drug-likeness (QED) is 0.778. The molecule has 2 rings (SSSR count). The number of carbonyl (C=O) groups excluding carboxylic acids is 2. The lowest BCUT2D eigenvalue weighted by molar-refractivity contribution is -0.135. The molecule has 0 spiro atoms. The second-order valence-electron chi connectivity index (χ2n) is 5.12. The van der Waals surface area contributed by atoms with Gasteiger partial charge >= 0.3 is 0 Å². The van der Waals surface area contributed by atoms with E-state index < -0.39 is 0 Å². The molecule has 1 saturated heterocycles. The molecule has 0 radical (unpaired) electrons. The maximum atomic E-state index is 12.2. The number of anilines is 1. The highest BCUT2D eigenvalue weighted by atomic mass is 16.5. The number of nitrogens with zero attached hydrogens (tertiary/aromatic N) is 2. The van der Waals surface area contributed by atoms with Crippen molar-refractivity contribution in [2.75, 3.05) is 32.6 Å². The fourth-order valence-corrected chi connectivity index (χ4v) is 2.24. The van der Waals surface area contributed by atoms with Crippen LogP contribution < -0.4 is 10.6 Å². The molecule has 21 heavy (non-hydrogen) atoms. The minimum atomic E-state index is -0.319. The van der Waals surface area contributed by atoms with Gasteiger partial charge in [0.15, 0.2) is 5.82 Å². The normalized spacial score (nSPS) is 21.3. The smallest absolute Gasteiger partial charge is 0.245 e. The van der Waals surface area contributed by atoms with Crippen LogP contribution in [0.1, 0.15) is 12.2 Å². The maximum Gasteiger partial charge on any atom is 0.245 e. The van der Waals surface area contributed by atoms with E-state index in [4.69, 9.17) is 9.26 Å². The first-order valence-corrected chi connectivity index (χ1v) is 6.74. The van der Waals surface area contributed by atoms with E-state index in [1.165, 1.54) is 4.90 Å². The molecule has 1 aliphatic rings. The number of amides is 2. The number of nitrogens with one attached hydrogen (secondary N) is 2. The van der Waals surface area contributed by atoms with Crippen LogP contribution in [0.3, 0.4) is 0 Å². The van der Waals surface area contributed by atoms with Crippen molar-refractivity contribution in [1.29, 1.82) is 0 Å². The Morgan fingerprint density at radius 1 is 1.62 bits per heavy atom. The Morgan fingerprint density at radius 3 is 2.95 bits per heavy atom. The van der Waals surface area contributed by atoms with Gasteiger partial charge < -0.3 is 24.8 Å². The Labute approximate surface area is 122 Å². The SMILES string of the molecule is COC1CNC(C(=O)N(C)CC(=O)Nc2cc(C)on2)C1. The van der Waals surface area contributed by atoms with Crippen LogP contribution in [0.5, 0.6) is 0 Å². The molecule has 0 saturated carbocycles. The van der Waals surface area contributed by atoms with Crippen molar-refractivity contribution in [3.05, 3.63) is 11.8 Å². The summed E-state index contributed by atoms with van der Waals surface area (Å²) in [5.41, 5.74) is 0. The Balaban J connectivity index is 1.81. The number of aryl methyl sites for hydroxylation is 1. The zero-order valence-corrected chi connectivity index (χ0v) is 12.4. The van der Waals surface area contributed by atoms with Crippen LogP contribution >= 0.6 is 0 Å². The topological polar surface area (TPSA) is 96.7 Å². The lowest BCUT2D eigenvalue weighted by atomic mass is 10.2. The molecule has 8 heteroatoms. The van der Waals surface area contributed by atoms with Gasteiger partial charge in [-0.25, -0.2) is 0 Å². The van der Waals surface area contributed by atoms with Crippen molar-refractivity contribution in [1.82, 2.24) is 15.4 Å². The van der Waals surface area contributed by atoms with E-state index >= 15 is 0 Å². The van der Waals surface area contributed by atoms with E-state index in [9.17, 15) is 9.59 Å². The molecule has 1 aromatic heterocycles. The van der Waals surface area contributed by atoms with E-state index in [0.29, 0.717) is 24.5 Å². The number of hydrogen-bond donors (Lipinski definition) is 2. The summed E-state index contributed by atoms with van der Waals surface area (Å²) in [5.74, 6) is 0.508. The van der Waals surface area contributed by atoms with Gasteiger partial charge in [-0.15, -0.1) is 0 Å². The van der Waals surface area contributed by atoms with E-state index in [1.54, 1.807) is 27.1 Å². The minimum absolute atomic E-state index is 0.0410. The third-order valence-corrected chi connectivity index (χ3v) is 3.37. The van der Waals surface area contributed by atoms with Crippen LogP contribution in [0, 0.1) is 6.92 Å². The van der Waals surface area contributed by atoms with E-state index in [2.05, 4.69) is 15.8 Å². The van der Waals surface area contributed by atoms with Crippen LogP contribution in [0.4, 0.5) is 5.82 Å². The first-order valence-electron chi connectivity index (χ1n) is 6.74. The molecule has 0 aliphatic carbocycles. The van der Waals surface area contributed by atoms with Gasteiger partial charge in [-0.3, -0.25) is 9.59 Å². The predicted molar refractivity (Wildman–Crippen MR) is 74.7 cm³/mol. The molecular weight excluding hydrogens is 276 g/mol. The summed E-state index contributed by atoms with van der Waals surface area (Å²) in [5, 5.41) is 9.33. The summed E-state index contributed by atoms with van der Waals surface area (Å²) in [4.78, 5) is 25.4. The van der Waals surface area contributed by atoms with E-state index in [1.807, 2.05) is 0 Å². The van der Waals surface area contributed by atoms with E-state index in [-0.39, 0.29) is 30.5 Å². The molecule has 1 aliphatic heterocycles. The van der Waals surface area contributed by atoms with Crippen molar-refractivity contribution in [2.45, 2.75) is 25.5 Å². The number of ether oxygens (including phenoxy) is 1. The maximum absolute atomic E-state index is 12.2. The number of rotatable bonds is 5. The van der Waals surface area contributed by atoms with Gasteiger partial charge in [-0.05, 0) is 13.3 Å². The van der Waals surface area contributed by atoms with Gasteiger partial charge in [0, 0.05) is 26.8 Å². The van der Waals surface area contributed by atoms with Crippen molar-refractivity contribution < 1.29 is 18.8 Å². The summed E-state index contributed by atoms with van der Waals surface area (Å²) < 4.78 is 10.1. The van der Waals surface area contributed by atoms with Crippen molar-refractivity contribution in [2.24, 2.45) is 0 Å². The zero-order valence-electron chi connectivity index (χ0n) is 12.4. The second-order valence-corrected chi connectivity index (χ2v) is 5.12. The molecule has 116 valence electrons. The molecule has 0 aromatic carbocycles. The highest BCUT2D eigenvalue weighted by Crippen LogP contribution is 2.12. The van der Waals surface area contributed by atoms with Crippen LogP contribution in [0.15, 0.2) is 10.6 Å². The summed E-state index contributed by atoms with van der Waals surface area (Å²) in [6.07, 6.45) is 0.656. The highest BCUT2D eigenvalue weighted by Gasteiger charge is 2.31. The highest BCUT2D eigenvalue weighted by molar-refractivity contribution is 5.94. The molecule has 2 N–H and O–H groups in total.